The molecule has 1 aliphatic rings. The zero-order valence-corrected chi connectivity index (χ0v) is 11.3. The van der Waals surface area contributed by atoms with Gasteiger partial charge in [0, 0.05) is 6.20 Å². The summed E-state index contributed by atoms with van der Waals surface area (Å²) in [5.74, 6) is 0.701. The van der Waals surface area contributed by atoms with Crippen molar-refractivity contribution in [3.8, 4) is 0 Å². The van der Waals surface area contributed by atoms with Crippen molar-refractivity contribution in [1.82, 2.24) is 4.98 Å². The van der Waals surface area contributed by atoms with E-state index in [0.29, 0.717) is 5.92 Å². The van der Waals surface area contributed by atoms with Crippen LogP contribution in [0.5, 0.6) is 0 Å². The maximum absolute atomic E-state index is 6.44. The van der Waals surface area contributed by atoms with Crippen LogP contribution in [0.25, 0.3) is 0 Å². The van der Waals surface area contributed by atoms with Crippen molar-refractivity contribution in [3.05, 3.63) is 65.0 Å². The molecule has 0 bridgehead atoms. The monoisotopic (exact) mass is 252 g/mol. The van der Waals surface area contributed by atoms with Crippen LogP contribution in [0.4, 0.5) is 0 Å². The fraction of sp³-hybridized carbons (Fsp3) is 0.353. The van der Waals surface area contributed by atoms with Crippen LogP contribution in [0, 0.1) is 6.92 Å². The highest BCUT2D eigenvalue weighted by Crippen LogP contribution is 2.39. The second-order valence-electron chi connectivity index (χ2n) is 5.49. The number of benzene rings is 1. The van der Waals surface area contributed by atoms with Crippen molar-refractivity contribution in [2.24, 2.45) is 5.73 Å². The van der Waals surface area contributed by atoms with Gasteiger partial charge in [0.1, 0.15) is 0 Å². The zero-order chi connectivity index (χ0) is 13.2. The molecule has 1 heterocycles. The highest BCUT2D eigenvalue weighted by atomic mass is 14.8. The molecule has 2 nitrogen and oxygen atoms in total. The van der Waals surface area contributed by atoms with Crippen LogP contribution in [0.3, 0.4) is 0 Å². The maximum atomic E-state index is 6.44. The lowest BCUT2D eigenvalue weighted by atomic mass is 9.77. The van der Waals surface area contributed by atoms with Gasteiger partial charge in [-0.25, -0.2) is 0 Å². The first-order valence-electron chi connectivity index (χ1n) is 7.02. The van der Waals surface area contributed by atoms with Crippen LogP contribution < -0.4 is 5.73 Å². The Hall–Kier alpha value is -1.67. The summed E-state index contributed by atoms with van der Waals surface area (Å²) in [5, 5.41) is 0. The SMILES string of the molecule is Cc1ccnc(C(N)c2ccccc2C2CCC2)c1. The molecule has 1 aliphatic carbocycles. The first-order valence-corrected chi connectivity index (χ1v) is 7.02. The summed E-state index contributed by atoms with van der Waals surface area (Å²) < 4.78 is 0. The molecule has 3 rings (SSSR count). The lowest BCUT2D eigenvalue weighted by Gasteiger charge is -2.29. The first kappa shape index (κ1) is 12.4. The largest absolute Gasteiger partial charge is 0.319 e. The molecular formula is C17H20N2. The Bertz CT molecular complexity index is 573. The first-order chi connectivity index (χ1) is 9.25. The molecule has 0 spiro atoms. The second-order valence-corrected chi connectivity index (χ2v) is 5.49. The number of hydrogen-bond donors (Lipinski definition) is 1. The second kappa shape index (κ2) is 5.14. The lowest BCUT2D eigenvalue weighted by Crippen LogP contribution is -2.19. The number of aromatic nitrogens is 1. The van der Waals surface area contributed by atoms with Gasteiger partial charge in [0.15, 0.2) is 0 Å². The fourth-order valence-electron chi connectivity index (χ4n) is 2.77. The summed E-state index contributed by atoms with van der Waals surface area (Å²) in [5.41, 5.74) is 11.3. The molecule has 2 N–H and O–H groups in total. The van der Waals surface area contributed by atoms with Gasteiger partial charge in [-0.1, -0.05) is 30.7 Å². The van der Waals surface area contributed by atoms with Crippen molar-refractivity contribution in [1.29, 1.82) is 0 Å². The molecule has 2 aromatic rings. The zero-order valence-electron chi connectivity index (χ0n) is 11.3. The summed E-state index contributed by atoms with van der Waals surface area (Å²) in [6.07, 6.45) is 5.78. The summed E-state index contributed by atoms with van der Waals surface area (Å²) in [6.45, 7) is 2.08. The molecule has 0 radical (unpaired) electrons. The Morgan fingerprint density at radius 1 is 1.21 bits per heavy atom. The van der Waals surface area contributed by atoms with Gasteiger partial charge in [0.25, 0.3) is 0 Å². The standard InChI is InChI=1S/C17H20N2/c1-12-9-10-19-16(11-12)17(18)15-8-3-2-7-14(15)13-5-4-6-13/h2-3,7-11,13,17H,4-6,18H2,1H3. The molecule has 0 amide bonds. The topological polar surface area (TPSA) is 38.9 Å². The molecule has 98 valence electrons. The van der Waals surface area contributed by atoms with E-state index in [1.807, 2.05) is 12.3 Å². The van der Waals surface area contributed by atoms with Gasteiger partial charge in [-0.3, -0.25) is 4.98 Å². The third kappa shape index (κ3) is 2.41. The molecule has 1 fully saturated rings. The molecule has 1 aromatic carbocycles. The van der Waals surface area contributed by atoms with Crippen molar-refractivity contribution in [3.63, 3.8) is 0 Å². The van der Waals surface area contributed by atoms with Crippen LogP contribution in [-0.2, 0) is 0 Å². The number of nitrogens with two attached hydrogens (primary N) is 1. The number of rotatable bonds is 3. The average Bonchev–Trinajstić information content (AvgIpc) is 2.37. The summed E-state index contributed by atoms with van der Waals surface area (Å²) in [7, 11) is 0. The minimum atomic E-state index is -0.114. The Kier molecular flexibility index (Phi) is 3.34. The Labute approximate surface area is 114 Å². The van der Waals surface area contributed by atoms with Crippen molar-refractivity contribution in [2.45, 2.75) is 38.1 Å². The predicted molar refractivity (Wildman–Crippen MR) is 78.0 cm³/mol. The number of nitrogens with zero attached hydrogens (tertiary/aromatic N) is 1. The Morgan fingerprint density at radius 3 is 2.68 bits per heavy atom. The van der Waals surface area contributed by atoms with Gasteiger partial charge in [-0.05, 0) is 54.5 Å². The van der Waals surface area contributed by atoms with E-state index in [4.69, 9.17) is 5.73 Å². The van der Waals surface area contributed by atoms with E-state index in [1.54, 1.807) is 0 Å². The lowest BCUT2D eigenvalue weighted by molar-refractivity contribution is 0.416. The van der Waals surface area contributed by atoms with Crippen LogP contribution >= 0.6 is 0 Å². The van der Waals surface area contributed by atoms with Crippen LogP contribution in [0.1, 0.15) is 53.6 Å². The smallest absolute Gasteiger partial charge is 0.0729 e. The maximum Gasteiger partial charge on any atom is 0.0729 e. The van der Waals surface area contributed by atoms with Crippen molar-refractivity contribution >= 4 is 0 Å². The van der Waals surface area contributed by atoms with E-state index >= 15 is 0 Å². The van der Waals surface area contributed by atoms with Crippen LogP contribution in [0.2, 0.25) is 0 Å². The third-order valence-corrected chi connectivity index (χ3v) is 4.13. The summed E-state index contributed by atoms with van der Waals surface area (Å²) >= 11 is 0. The Balaban J connectivity index is 1.97. The van der Waals surface area contributed by atoms with E-state index in [2.05, 4.69) is 42.2 Å². The average molecular weight is 252 g/mol. The highest BCUT2D eigenvalue weighted by molar-refractivity contribution is 5.38. The summed E-state index contributed by atoms with van der Waals surface area (Å²) in [4.78, 5) is 4.44. The molecule has 0 aliphatic heterocycles. The summed E-state index contributed by atoms with van der Waals surface area (Å²) in [6, 6.07) is 12.6. The molecule has 1 atom stereocenters. The molecule has 1 unspecified atom stereocenters. The van der Waals surface area contributed by atoms with E-state index in [0.717, 1.165) is 5.69 Å². The van der Waals surface area contributed by atoms with E-state index in [1.165, 1.54) is 36.0 Å². The van der Waals surface area contributed by atoms with Crippen LogP contribution in [0.15, 0.2) is 42.6 Å². The molecule has 2 heteroatoms. The minimum Gasteiger partial charge on any atom is -0.319 e. The Morgan fingerprint density at radius 2 is 2.00 bits per heavy atom. The van der Waals surface area contributed by atoms with Crippen molar-refractivity contribution < 1.29 is 0 Å². The fourth-order valence-corrected chi connectivity index (χ4v) is 2.77. The van der Waals surface area contributed by atoms with E-state index in [-0.39, 0.29) is 6.04 Å². The highest BCUT2D eigenvalue weighted by Gasteiger charge is 2.24. The number of hydrogen-bond acceptors (Lipinski definition) is 2. The number of pyridine rings is 1. The third-order valence-electron chi connectivity index (χ3n) is 4.13. The van der Waals surface area contributed by atoms with Crippen LogP contribution in [-0.4, -0.2) is 4.98 Å². The quantitative estimate of drug-likeness (QED) is 0.904. The molecular weight excluding hydrogens is 232 g/mol. The van der Waals surface area contributed by atoms with Gasteiger partial charge in [0.05, 0.1) is 11.7 Å². The van der Waals surface area contributed by atoms with E-state index < -0.39 is 0 Å². The molecule has 19 heavy (non-hydrogen) atoms. The molecule has 0 saturated heterocycles. The van der Waals surface area contributed by atoms with Gasteiger partial charge < -0.3 is 5.73 Å². The molecule has 1 aromatic heterocycles. The predicted octanol–water partition coefficient (Wildman–Crippen LogP) is 3.71. The van der Waals surface area contributed by atoms with Gasteiger partial charge in [-0.15, -0.1) is 0 Å². The molecule has 1 saturated carbocycles. The van der Waals surface area contributed by atoms with E-state index in [9.17, 15) is 0 Å². The van der Waals surface area contributed by atoms with Gasteiger partial charge in [0.2, 0.25) is 0 Å². The number of aryl methyl sites for hydroxylation is 1. The van der Waals surface area contributed by atoms with Crippen molar-refractivity contribution in [2.75, 3.05) is 0 Å². The van der Waals surface area contributed by atoms with Gasteiger partial charge in [-0.2, -0.15) is 0 Å². The normalized spacial score (nSPS) is 16.9. The van der Waals surface area contributed by atoms with Gasteiger partial charge >= 0.3 is 0 Å². The minimum absolute atomic E-state index is 0.114.